The molecule has 2 aromatic carbocycles. The Hall–Kier alpha value is -3.59. The number of ether oxygens (including phenoxy) is 2. The summed E-state index contributed by atoms with van der Waals surface area (Å²) in [7, 11) is 0. The molecule has 8 nitrogen and oxygen atoms in total. The molecule has 136 valence electrons. The van der Waals surface area contributed by atoms with Gasteiger partial charge in [0.2, 0.25) is 6.79 Å². The van der Waals surface area contributed by atoms with Crippen LogP contribution in [0.3, 0.4) is 0 Å². The van der Waals surface area contributed by atoms with Gasteiger partial charge in [-0.1, -0.05) is 0 Å². The molecular formula is C18H14N4O4S. The maximum atomic E-state index is 11.4. The van der Waals surface area contributed by atoms with Gasteiger partial charge in [-0.3, -0.25) is 0 Å². The second-order valence-corrected chi connectivity index (χ2v) is 6.18. The zero-order chi connectivity index (χ0) is 19.0. The maximum Gasteiger partial charge on any atom is 0.356 e. The van der Waals surface area contributed by atoms with Crippen molar-refractivity contribution in [1.82, 2.24) is 9.78 Å². The third kappa shape index (κ3) is 3.27. The average Bonchev–Trinajstić information content (AvgIpc) is 3.28. The van der Waals surface area contributed by atoms with Gasteiger partial charge in [0.25, 0.3) is 0 Å². The number of nitrogens with one attached hydrogen (secondary N) is 1. The molecule has 0 aliphatic carbocycles. The average molecular weight is 382 g/mol. The van der Waals surface area contributed by atoms with Crippen LogP contribution in [0.5, 0.6) is 11.5 Å². The Morgan fingerprint density at radius 3 is 2.59 bits per heavy atom. The Balaban J connectivity index is 1.78. The van der Waals surface area contributed by atoms with Gasteiger partial charge in [-0.15, -0.1) is 0 Å². The highest BCUT2D eigenvalue weighted by molar-refractivity contribution is 7.80. The Labute approximate surface area is 159 Å². The molecule has 0 saturated carbocycles. The Bertz CT molecular complexity index is 1050. The fourth-order valence-corrected chi connectivity index (χ4v) is 2.89. The fraction of sp³-hybridized carbons (Fsp3) is 0.0556. The van der Waals surface area contributed by atoms with Gasteiger partial charge < -0.3 is 25.6 Å². The lowest BCUT2D eigenvalue weighted by Crippen LogP contribution is -2.18. The van der Waals surface area contributed by atoms with Crippen molar-refractivity contribution in [1.29, 1.82) is 0 Å². The number of thiocarbonyl (C=S) groups is 1. The molecule has 0 saturated heterocycles. The minimum Gasteiger partial charge on any atom is -0.476 e. The number of carbonyl (C=O) groups is 1. The van der Waals surface area contributed by atoms with E-state index in [1.807, 2.05) is 6.07 Å². The van der Waals surface area contributed by atoms with E-state index < -0.39 is 5.97 Å². The summed E-state index contributed by atoms with van der Waals surface area (Å²) < 4.78 is 12.3. The van der Waals surface area contributed by atoms with Crippen molar-refractivity contribution in [2.75, 3.05) is 12.1 Å². The summed E-state index contributed by atoms with van der Waals surface area (Å²) in [6.07, 6.45) is 0. The summed E-state index contributed by atoms with van der Waals surface area (Å²) >= 11 is 4.82. The van der Waals surface area contributed by atoms with Gasteiger partial charge in [0.15, 0.2) is 22.3 Å². The van der Waals surface area contributed by atoms with Crippen LogP contribution in [0.15, 0.2) is 48.5 Å². The lowest BCUT2D eigenvalue weighted by Gasteiger charge is -2.10. The van der Waals surface area contributed by atoms with E-state index in [2.05, 4.69) is 10.4 Å². The molecule has 0 spiro atoms. The minimum atomic E-state index is -1.11. The van der Waals surface area contributed by atoms with Gasteiger partial charge in [-0.05, 0) is 60.7 Å². The number of carboxylic acid groups (broad SMARTS) is 1. The van der Waals surface area contributed by atoms with Crippen molar-refractivity contribution in [2.45, 2.75) is 0 Å². The Kier molecular flexibility index (Phi) is 4.13. The number of aromatic nitrogens is 2. The van der Waals surface area contributed by atoms with Crippen molar-refractivity contribution in [3.63, 3.8) is 0 Å². The number of nitrogens with zero attached hydrogens (tertiary/aromatic N) is 2. The first-order valence-electron chi connectivity index (χ1n) is 7.91. The number of fused-ring (bicyclic) bond motifs is 1. The molecule has 0 unspecified atom stereocenters. The van der Waals surface area contributed by atoms with Crippen molar-refractivity contribution >= 4 is 29.0 Å². The molecule has 27 heavy (non-hydrogen) atoms. The Morgan fingerprint density at radius 1 is 1.15 bits per heavy atom. The normalized spacial score (nSPS) is 12.0. The van der Waals surface area contributed by atoms with Crippen LogP contribution in [0.4, 0.5) is 5.69 Å². The SMILES string of the molecule is NC(=S)Nc1ccc(-n2nc(C(=O)O)cc2-c2ccc3c(c2)OCO3)cc1. The first-order chi connectivity index (χ1) is 13.0. The van der Waals surface area contributed by atoms with Gasteiger partial charge in [0.1, 0.15) is 0 Å². The van der Waals surface area contributed by atoms with Crippen LogP contribution in [0, 0.1) is 0 Å². The molecule has 0 radical (unpaired) electrons. The zero-order valence-electron chi connectivity index (χ0n) is 13.9. The number of benzene rings is 2. The molecule has 9 heteroatoms. The summed E-state index contributed by atoms with van der Waals surface area (Å²) in [5.74, 6) is 0.145. The molecule has 4 rings (SSSR count). The van der Waals surface area contributed by atoms with E-state index in [0.29, 0.717) is 22.9 Å². The van der Waals surface area contributed by atoms with Gasteiger partial charge in [-0.2, -0.15) is 5.10 Å². The number of aromatic carboxylic acids is 1. The van der Waals surface area contributed by atoms with Crippen LogP contribution in [0.1, 0.15) is 10.5 Å². The number of carboxylic acids is 1. The maximum absolute atomic E-state index is 11.4. The molecular weight excluding hydrogens is 368 g/mol. The van der Waals surface area contributed by atoms with Crippen molar-refractivity contribution in [2.24, 2.45) is 5.73 Å². The number of hydrogen-bond donors (Lipinski definition) is 3. The number of hydrogen-bond acceptors (Lipinski definition) is 5. The first kappa shape index (κ1) is 16.9. The predicted octanol–water partition coefficient (Wildman–Crippen LogP) is 2.62. The van der Waals surface area contributed by atoms with E-state index in [1.54, 1.807) is 41.1 Å². The second kappa shape index (κ2) is 6.61. The highest BCUT2D eigenvalue weighted by Crippen LogP contribution is 2.36. The molecule has 1 aromatic heterocycles. The van der Waals surface area contributed by atoms with E-state index in [9.17, 15) is 9.90 Å². The van der Waals surface area contributed by atoms with Crippen LogP contribution >= 0.6 is 12.2 Å². The second-order valence-electron chi connectivity index (χ2n) is 5.74. The monoisotopic (exact) mass is 382 g/mol. The third-order valence-corrected chi connectivity index (χ3v) is 4.08. The Morgan fingerprint density at radius 2 is 1.89 bits per heavy atom. The molecule has 0 atom stereocenters. The van der Waals surface area contributed by atoms with Crippen molar-refractivity contribution in [3.8, 4) is 28.4 Å². The van der Waals surface area contributed by atoms with Crippen LogP contribution in [0.25, 0.3) is 16.9 Å². The summed E-state index contributed by atoms with van der Waals surface area (Å²) in [5.41, 5.74) is 8.18. The predicted molar refractivity (Wildman–Crippen MR) is 102 cm³/mol. The van der Waals surface area contributed by atoms with Gasteiger partial charge in [0.05, 0.1) is 11.4 Å². The van der Waals surface area contributed by atoms with E-state index in [0.717, 1.165) is 11.3 Å². The van der Waals surface area contributed by atoms with E-state index >= 15 is 0 Å². The summed E-state index contributed by atoms with van der Waals surface area (Å²) in [6, 6.07) is 14.1. The topological polar surface area (TPSA) is 112 Å². The van der Waals surface area contributed by atoms with Gasteiger partial charge in [-0.25, -0.2) is 9.48 Å². The summed E-state index contributed by atoms with van der Waals surface area (Å²) in [6.45, 7) is 0.163. The largest absolute Gasteiger partial charge is 0.476 e. The quantitative estimate of drug-likeness (QED) is 0.591. The van der Waals surface area contributed by atoms with Crippen molar-refractivity contribution < 1.29 is 19.4 Å². The van der Waals surface area contributed by atoms with Crippen LogP contribution in [-0.2, 0) is 0 Å². The smallest absolute Gasteiger partial charge is 0.356 e. The summed E-state index contributed by atoms with van der Waals surface area (Å²) in [4.78, 5) is 11.4. The van der Waals surface area contributed by atoms with Gasteiger partial charge in [0, 0.05) is 11.3 Å². The third-order valence-electron chi connectivity index (χ3n) is 3.98. The number of nitrogens with two attached hydrogens (primary N) is 1. The van der Waals surface area contributed by atoms with Crippen LogP contribution < -0.4 is 20.5 Å². The van der Waals surface area contributed by atoms with Gasteiger partial charge >= 0.3 is 5.97 Å². The highest BCUT2D eigenvalue weighted by atomic mass is 32.1. The van der Waals surface area contributed by atoms with E-state index in [4.69, 9.17) is 27.4 Å². The molecule has 0 bridgehead atoms. The summed E-state index contributed by atoms with van der Waals surface area (Å²) in [5, 5.41) is 16.6. The standard InChI is InChI=1S/C18H14N4O4S/c19-18(27)20-11-2-4-12(5-3-11)22-14(8-13(21-22)17(23)24)10-1-6-15-16(7-10)26-9-25-15/h1-8H,9H2,(H,23,24)(H3,19,20,27). The van der Waals surface area contributed by atoms with Crippen LogP contribution in [-0.4, -0.2) is 32.8 Å². The number of rotatable bonds is 4. The minimum absolute atomic E-state index is 0.0620. The van der Waals surface area contributed by atoms with Crippen molar-refractivity contribution in [3.05, 3.63) is 54.2 Å². The molecule has 4 N–H and O–H groups in total. The van der Waals surface area contributed by atoms with E-state index in [-0.39, 0.29) is 17.6 Å². The molecule has 0 fully saturated rings. The zero-order valence-corrected chi connectivity index (χ0v) is 14.7. The van der Waals surface area contributed by atoms with E-state index in [1.165, 1.54) is 6.07 Å². The lowest BCUT2D eigenvalue weighted by atomic mass is 10.1. The highest BCUT2D eigenvalue weighted by Gasteiger charge is 2.19. The van der Waals surface area contributed by atoms with Crippen LogP contribution in [0.2, 0.25) is 0 Å². The lowest BCUT2D eigenvalue weighted by molar-refractivity contribution is 0.0690. The number of anilines is 1. The molecule has 0 amide bonds. The molecule has 1 aliphatic rings. The molecule has 2 heterocycles. The molecule has 1 aliphatic heterocycles. The first-order valence-corrected chi connectivity index (χ1v) is 8.32. The molecule has 3 aromatic rings. The fourth-order valence-electron chi connectivity index (χ4n) is 2.77.